The average Bonchev–Trinajstić information content (AvgIpc) is 2.89. The monoisotopic (exact) mass is 429 g/mol. The highest BCUT2D eigenvalue weighted by Crippen LogP contribution is 2.61. The second-order valence-corrected chi connectivity index (χ2v) is 10.8. The van der Waals surface area contributed by atoms with Crippen molar-refractivity contribution < 1.29 is 19.8 Å². The van der Waals surface area contributed by atoms with Crippen LogP contribution < -0.4 is 0 Å². The maximum Gasteiger partial charge on any atom is 0.323 e. The molecule has 29 heavy (non-hydrogen) atoms. The van der Waals surface area contributed by atoms with Gasteiger partial charge in [0.05, 0.1) is 4.91 Å². The standard InChI is InChI=1S/C22H23NO4S2/c24-17-2-1-16(22-8-12-3-13(9-22)5-14(4-12)10-22)6-15(17)7-18-20(27)23(11-19(25)26)21(28)29-18/h1-2,6-7,12-14,24H,3-5,8-11H2,(H,25,26). The van der Waals surface area contributed by atoms with E-state index in [1.807, 2.05) is 6.07 Å². The number of phenolic OH excluding ortho intramolecular Hbond substituents is 1. The highest BCUT2D eigenvalue weighted by molar-refractivity contribution is 8.26. The molecule has 2 N–H and O–H groups in total. The number of carbonyl (C=O) groups excluding carboxylic acids is 1. The van der Waals surface area contributed by atoms with Crippen molar-refractivity contribution in [2.24, 2.45) is 17.8 Å². The highest BCUT2D eigenvalue weighted by atomic mass is 32.2. The lowest BCUT2D eigenvalue weighted by atomic mass is 9.48. The zero-order valence-corrected chi connectivity index (χ0v) is 17.6. The highest BCUT2D eigenvalue weighted by Gasteiger charge is 2.51. The van der Waals surface area contributed by atoms with E-state index in [0.717, 1.165) is 34.4 Å². The van der Waals surface area contributed by atoms with E-state index in [-0.39, 0.29) is 15.5 Å². The van der Waals surface area contributed by atoms with E-state index in [0.29, 0.717) is 10.5 Å². The summed E-state index contributed by atoms with van der Waals surface area (Å²) < 4.78 is 0.236. The minimum absolute atomic E-state index is 0.127. The molecule has 1 aromatic carbocycles. The fraction of sp³-hybridized carbons (Fsp3) is 0.500. The molecule has 6 rings (SSSR count). The molecule has 5 fully saturated rings. The Morgan fingerprint density at radius 1 is 1.21 bits per heavy atom. The van der Waals surface area contributed by atoms with Crippen molar-refractivity contribution in [3.63, 3.8) is 0 Å². The van der Waals surface area contributed by atoms with Crippen LogP contribution in [0.5, 0.6) is 5.75 Å². The van der Waals surface area contributed by atoms with Gasteiger partial charge in [0, 0.05) is 5.56 Å². The normalized spacial score (nSPS) is 34.4. The third-order valence-electron chi connectivity index (χ3n) is 7.13. The van der Waals surface area contributed by atoms with E-state index >= 15 is 0 Å². The van der Waals surface area contributed by atoms with Crippen LogP contribution in [0, 0.1) is 17.8 Å². The molecular weight excluding hydrogens is 406 g/mol. The Labute approximate surface area is 179 Å². The first-order valence-electron chi connectivity index (χ1n) is 10.1. The number of benzene rings is 1. The molecule has 0 spiro atoms. The first-order valence-corrected chi connectivity index (χ1v) is 11.4. The summed E-state index contributed by atoms with van der Waals surface area (Å²) in [5.74, 6) is 1.08. The summed E-state index contributed by atoms with van der Waals surface area (Å²) in [7, 11) is 0. The van der Waals surface area contributed by atoms with Gasteiger partial charge in [-0.3, -0.25) is 14.5 Å². The lowest BCUT2D eigenvalue weighted by molar-refractivity contribution is -0.140. The number of carbonyl (C=O) groups is 2. The van der Waals surface area contributed by atoms with Gasteiger partial charge in [0.25, 0.3) is 5.91 Å². The molecule has 0 unspecified atom stereocenters. The third kappa shape index (κ3) is 3.28. The summed E-state index contributed by atoms with van der Waals surface area (Å²) >= 11 is 6.25. The van der Waals surface area contributed by atoms with E-state index in [9.17, 15) is 14.7 Å². The molecule has 0 aromatic heterocycles. The van der Waals surface area contributed by atoms with Crippen LogP contribution in [-0.4, -0.2) is 37.9 Å². The van der Waals surface area contributed by atoms with Crippen molar-refractivity contribution in [1.29, 1.82) is 0 Å². The number of rotatable bonds is 4. The molecule has 5 nitrogen and oxygen atoms in total. The average molecular weight is 430 g/mol. The summed E-state index contributed by atoms with van der Waals surface area (Å²) in [5, 5.41) is 19.4. The lowest BCUT2D eigenvalue weighted by Crippen LogP contribution is -2.48. The zero-order chi connectivity index (χ0) is 20.3. The number of aromatic hydroxyl groups is 1. The van der Waals surface area contributed by atoms with Crippen molar-refractivity contribution in [2.45, 2.75) is 43.9 Å². The van der Waals surface area contributed by atoms with Crippen LogP contribution in [0.25, 0.3) is 6.08 Å². The van der Waals surface area contributed by atoms with Gasteiger partial charge < -0.3 is 10.2 Å². The Morgan fingerprint density at radius 3 is 2.41 bits per heavy atom. The first kappa shape index (κ1) is 19.1. The van der Waals surface area contributed by atoms with Gasteiger partial charge in [-0.1, -0.05) is 30.0 Å². The fourth-order valence-corrected chi connectivity index (χ4v) is 7.62. The number of hydrogen-bond donors (Lipinski definition) is 2. The maximum atomic E-state index is 12.6. The van der Waals surface area contributed by atoms with Gasteiger partial charge >= 0.3 is 5.97 Å². The molecular formula is C22H23NO4S2. The number of phenols is 1. The van der Waals surface area contributed by atoms with Crippen LogP contribution in [0.3, 0.4) is 0 Å². The molecule has 152 valence electrons. The van der Waals surface area contributed by atoms with Crippen molar-refractivity contribution in [2.75, 3.05) is 6.54 Å². The molecule has 4 saturated carbocycles. The predicted octanol–water partition coefficient (Wildman–Crippen LogP) is 4.15. The fourth-order valence-electron chi connectivity index (χ4n) is 6.38. The number of amides is 1. The number of thioether (sulfide) groups is 1. The molecule has 4 bridgehead atoms. The van der Waals surface area contributed by atoms with Gasteiger partial charge in [-0.05, 0) is 85.5 Å². The van der Waals surface area contributed by atoms with E-state index in [2.05, 4.69) is 6.07 Å². The number of hydrogen-bond acceptors (Lipinski definition) is 5. The van der Waals surface area contributed by atoms with Gasteiger partial charge in [0.15, 0.2) is 0 Å². The maximum absolute atomic E-state index is 12.6. The first-order chi connectivity index (χ1) is 13.8. The number of carboxylic acid groups (broad SMARTS) is 1. The smallest absolute Gasteiger partial charge is 0.323 e. The summed E-state index contributed by atoms with van der Waals surface area (Å²) in [5.41, 5.74) is 2.07. The molecule has 4 aliphatic carbocycles. The molecule has 1 saturated heterocycles. The van der Waals surface area contributed by atoms with Gasteiger partial charge in [0.2, 0.25) is 0 Å². The van der Waals surface area contributed by atoms with Gasteiger partial charge in [-0.25, -0.2) is 0 Å². The summed E-state index contributed by atoms with van der Waals surface area (Å²) in [6, 6.07) is 5.82. The van der Waals surface area contributed by atoms with Crippen LogP contribution in [0.1, 0.15) is 49.7 Å². The second kappa shape index (κ2) is 6.84. The van der Waals surface area contributed by atoms with Crippen molar-refractivity contribution in [3.8, 4) is 5.75 Å². The Hall–Kier alpha value is -1.86. The van der Waals surface area contributed by atoms with Crippen LogP contribution in [0.15, 0.2) is 23.1 Å². The predicted molar refractivity (Wildman–Crippen MR) is 115 cm³/mol. The van der Waals surface area contributed by atoms with Crippen LogP contribution >= 0.6 is 24.0 Å². The quantitative estimate of drug-likeness (QED) is 0.553. The topological polar surface area (TPSA) is 77.8 Å². The van der Waals surface area contributed by atoms with E-state index in [1.54, 1.807) is 12.1 Å². The molecule has 5 aliphatic rings. The Bertz CT molecular complexity index is 919. The van der Waals surface area contributed by atoms with Crippen molar-refractivity contribution >= 4 is 46.3 Å². The molecule has 7 heteroatoms. The molecule has 1 aromatic rings. The van der Waals surface area contributed by atoms with Crippen LogP contribution in [0.2, 0.25) is 0 Å². The van der Waals surface area contributed by atoms with E-state index in [1.165, 1.54) is 44.1 Å². The molecule has 1 heterocycles. The zero-order valence-electron chi connectivity index (χ0n) is 16.0. The van der Waals surface area contributed by atoms with Crippen molar-refractivity contribution in [1.82, 2.24) is 4.90 Å². The number of aliphatic carboxylic acids is 1. The summed E-state index contributed by atoms with van der Waals surface area (Å²) in [6.45, 7) is -0.443. The number of carboxylic acids is 1. The minimum atomic E-state index is -1.10. The van der Waals surface area contributed by atoms with E-state index in [4.69, 9.17) is 17.3 Å². The Morgan fingerprint density at radius 2 is 1.83 bits per heavy atom. The van der Waals surface area contributed by atoms with E-state index < -0.39 is 18.4 Å². The molecule has 0 atom stereocenters. The molecule has 0 radical (unpaired) electrons. The summed E-state index contributed by atoms with van der Waals surface area (Å²) in [4.78, 5) is 25.0. The second-order valence-electron chi connectivity index (χ2n) is 9.13. The third-order valence-corrected chi connectivity index (χ3v) is 8.51. The summed E-state index contributed by atoms with van der Waals surface area (Å²) in [6.07, 6.45) is 9.45. The van der Waals surface area contributed by atoms with Gasteiger partial charge in [-0.15, -0.1) is 0 Å². The Kier molecular flexibility index (Phi) is 4.51. The SMILES string of the molecule is O=C(O)CN1C(=O)C(=Cc2cc(C34CC5CC(CC(C5)C3)C4)ccc2O)SC1=S. The lowest BCUT2D eigenvalue weighted by Gasteiger charge is -2.57. The number of nitrogens with zero attached hydrogens (tertiary/aromatic N) is 1. The molecule has 1 amide bonds. The molecule has 1 aliphatic heterocycles. The Balaban J connectivity index is 1.47. The van der Waals surface area contributed by atoms with Gasteiger partial charge in [-0.2, -0.15) is 0 Å². The largest absolute Gasteiger partial charge is 0.507 e. The van der Waals surface area contributed by atoms with Crippen LogP contribution in [-0.2, 0) is 15.0 Å². The van der Waals surface area contributed by atoms with Gasteiger partial charge in [0.1, 0.15) is 16.6 Å². The van der Waals surface area contributed by atoms with Crippen LogP contribution in [0.4, 0.5) is 0 Å². The minimum Gasteiger partial charge on any atom is -0.507 e. The number of thiocarbonyl (C=S) groups is 1. The van der Waals surface area contributed by atoms with Crippen molar-refractivity contribution in [3.05, 3.63) is 34.2 Å².